The van der Waals surface area contributed by atoms with Crippen LogP contribution in [0.25, 0.3) is 0 Å². The fraction of sp³-hybridized carbons (Fsp3) is 0.500. The predicted molar refractivity (Wildman–Crippen MR) is 91.2 cm³/mol. The average Bonchev–Trinajstić information content (AvgIpc) is 2.68. The second-order valence-corrected chi connectivity index (χ2v) is 5.72. The lowest BCUT2D eigenvalue weighted by Crippen LogP contribution is -2.43. The van der Waals surface area contributed by atoms with Gasteiger partial charge in [-0.25, -0.2) is 4.79 Å². The van der Waals surface area contributed by atoms with Crippen molar-refractivity contribution in [1.29, 1.82) is 5.26 Å². The number of carbonyl (C=O) groups excluding carboxylic acids is 2. The molecule has 0 N–H and O–H groups in total. The van der Waals surface area contributed by atoms with Gasteiger partial charge in [0.25, 0.3) is 5.91 Å². The number of hydrogen-bond acceptors (Lipinski definition) is 6. The molecule has 1 fully saturated rings. The Morgan fingerprint density at radius 2 is 1.84 bits per heavy atom. The minimum atomic E-state index is -0.437. The van der Waals surface area contributed by atoms with Gasteiger partial charge in [-0.15, -0.1) is 0 Å². The summed E-state index contributed by atoms with van der Waals surface area (Å²) in [5.41, 5.74) is 0.892. The molecular weight excluding hydrogens is 322 g/mol. The number of nitriles is 1. The van der Waals surface area contributed by atoms with Gasteiger partial charge in [0.2, 0.25) is 0 Å². The van der Waals surface area contributed by atoms with E-state index in [0.717, 1.165) is 19.6 Å². The molecule has 7 nitrogen and oxygen atoms in total. The molecule has 7 heteroatoms. The molecule has 1 aliphatic rings. The van der Waals surface area contributed by atoms with Crippen LogP contribution in [0.4, 0.5) is 0 Å². The van der Waals surface area contributed by atoms with Crippen LogP contribution < -0.4 is 0 Å². The van der Waals surface area contributed by atoms with Gasteiger partial charge in [-0.1, -0.05) is 0 Å². The van der Waals surface area contributed by atoms with Crippen LogP contribution in [0.3, 0.4) is 0 Å². The Morgan fingerprint density at radius 3 is 2.44 bits per heavy atom. The fourth-order valence-electron chi connectivity index (χ4n) is 2.64. The van der Waals surface area contributed by atoms with E-state index in [9.17, 15) is 9.59 Å². The van der Waals surface area contributed by atoms with Crippen LogP contribution in [-0.4, -0.2) is 74.7 Å². The maximum Gasteiger partial charge on any atom is 0.337 e. The van der Waals surface area contributed by atoms with Gasteiger partial charge in [0.05, 0.1) is 38.4 Å². The number of benzene rings is 1. The van der Waals surface area contributed by atoms with Crippen LogP contribution >= 0.6 is 0 Å². The number of methoxy groups -OCH3 is 1. The van der Waals surface area contributed by atoms with Gasteiger partial charge in [0.15, 0.2) is 0 Å². The van der Waals surface area contributed by atoms with E-state index in [-0.39, 0.29) is 12.3 Å². The number of rotatable bonds is 7. The quantitative estimate of drug-likeness (QED) is 0.690. The molecule has 25 heavy (non-hydrogen) atoms. The summed E-state index contributed by atoms with van der Waals surface area (Å²) < 4.78 is 9.98. The summed E-state index contributed by atoms with van der Waals surface area (Å²) in [6, 6.07) is 8.46. The van der Waals surface area contributed by atoms with Crippen molar-refractivity contribution in [1.82, 2.24) is 9.80 Å². The van der Waals surface area contributed by atoms with Crippen molar-refractivity contribution in [2.24, 2.45) is 0 Å². The van der Waals surface area contributed by atoms with Crippen LogP contribution in [0.5, 0.6) is 0 Å². The van der Waals surface area contributed by atoms with Gasteiger partial charge in [0.1, 0.15) is 0 Å². The van der Waals surface area contributed by atoms with Gasteiger partial charge in [-0.3, -0.25) is 9.69 Å². The molecule has 1 aliphatic heterocycles. The molecule has 1 heterocycles. The lowest BCUT2D eigenvalue weighted by Gasteiger charge is -2.30. The molecule has 0 atom stereocenters. The average molecular weight is 345 g/mol. The standard InChI is InChI=1S/C18H23N3O4/c1-24-18(23)16-5-3-15(4-6-16)17(22)21(8-2-7-19)10-9-20-11-13-25-14-12-20/h3-6H,2,8-14H2,1H3. The number of ether oxygens (including phenoxy) is 2. The highest BCUT2D eigenvalue weighted by Crippen LogP contribution is 2.10. The van der Waals surface area contributed by atoms with Crippen LogP contribution in [0.15, 0.2) is 24.3 Å². The topological polar surface area (TPSA) is 82.9 Å². The summed E-state index contributed by atoms with van der Waals surface area (Å²) in [4.78, 5) is 28.1. The first-order chi connectivity index (χ1) is 12.2. The number of nitrogens with zero attached hydrogens (tertiary/aromatic N) is 3. The Hall–Kier alpha value is -2.43. The summed E-state index contributed by atoms with van der Waals surface area (Å²) in [5.74, 6) is -0.576. The Balaban J connectivity index is 2.01. The van der Waals surface area contributed by atoms with Gasteiger partial charge in [0, 0.05) is 38.3 Å². The predicted octanol–water partition coefficient (Wildman–Crippen LogP) is 1.16. The monoisotopic (exact) mass is 345 g/mol. The van der Waals surface area contributed by atoms with E-state index >= 15 is 0 Å². The lowest BCUT2D eigenvalue weighted by molar-refractivity contribution is 0.0326. The van der Waals surface area contributed by atoms with Crippen LogP contribution in [0, 0.1) is 11.3 Å². The highest BCUT2D eigenvalue weighted by molar-refractivity contribution is 5.96. The molecule has 0 aromatic heterocycles. The molecular formula is C18H23N3O4. The van der Waals surface area contributed by atoms with Gasteiger partial charge < -0.3 is 14.4 Å². The van der Waals surface area contributed by atoms with Crippen molar-refractivity contribution in [3.8, 4) is 6.07 Å². The zero-order valence-electron chi connectivity index (χ0n) is 14.4. The second kappa shape index (κ2) is 9.77. The minimum absolute atomic E-state index is 0.139. The minimum Gasteiger partial charge on any atom is -0.465 e. The molecule has 0 unspecified atom stereocenters. The molecule has 134 valence electrons. The molecule has 1 aromatic carbocycles. The summed E-state index contributed by atoms with van der Waals surface area (Å²) in [7, 11) is 1.32. The SMILES string of the molecule is COC(=O)c1ccc(C(=O)N(CCC#N)CCN2CCOCC2)cc1. The van der Waals surface area contributed by atoms with E-state index in [2.05, 4.69) is 15.7 Å². The summed E-state index contributed by atoms with van der Waals surface area (Å²) in [6.07, 6.45) is 0.287. The van der Waals surface area contributed by atoms with E-state index in [0.29, 0.717) is 37.4 Å². The first-order valence-electron chi connectivity index (χ1n) is 8.30. The smallest absolute Gasteiger partial charge is 0.337 e. The highest BCUT2D eigenvalue weighted by atomic mass is 16.5. The van der Waals surface area contributed by atoms with E-state index in [4.69, 9.17) is 10.00 Å². The third kappa shape index (κ3) is 5.55. The molecule has 2 rings (SSSR count). The zero-order chi connectivity index (χ0) is 18.1. The van der Waals surface area contributed by atoms with Crippen molar-refractivity contribution >= 4 is 11.9 Å². The molecule has 1 aromatic rings. The summed E-state index contributed by atoms with van der Waals surface area (Å²) >= 11 is 0. The lowest BCUT2D eigenvalue weighted by atomic mass is 10.1. The zero-order valence-corrected chi connectivity index (χ0v) is 14.4. The van der Waals surface area contributed by atoms with Gasteiger partial charge in [-0.2, -0.15) is 5.26 Å². The number of esters is 1. The first-order valence-corrected chi connectivity index (χ1v) is 8.30. The van der Waals surface area contributed by atoms with Crippen molar-refractivity contribution in [3.63, 3.8) is 0 Å². The first kappa shape index (κ1) is 18.9. The Morgan fingerprint density at radius 1 is 1.20 bits per heavy atom. The molecule has 1 saturated heterocycles. The van der Waals surface area contributed by atoms with Gasteiger partial charge >= 0.3 is 5.97 Å². The van der Waals surface area contributed by atoms with Crippen molar-refractivity contribution < 1.29 is 19.1 Å². The molecule has 0 bridgehead atoms. The Kier molecular flexibility index (Phi) is 7.38. The Labute approximate surface area is 147 Å². The number of amides is 1. The molecule has 0 aliphatic carbocycles. The third-order valence-corrected chi connectivity index (χ3v) is 4.12. The number of carbonyl (C=O) groups is 2. The Bertz CT molecular complexity index is 618. The van der Waals surface area contributed by atoms with Crippen LogP contribution in [-0.2, 0) is 9.47 Å². The van der Waals surface area contributed by atoms with E-state index in [1.54, 1.807) is 29.2 Å². The molecule has 0 saturated carbocycles. The molecule has 0 spiro atoms. The van der Waals surface area contributed by atoms with E-state index in [1.807, 2.05) is 0 Å². The van der Waals surface area contributed by atoms with Gasteiger partial charge in [-0.05, 0) is 24.3 Å². The van der Waals surface area contributed by atoms with Crippen molar-refractivity contribution in [2.75, 3.05) is 53.0 Å². The normalized spacial score (nSPS) is 14.6. The van der Waals surface area contributed by atoms with Crippen LogP contribution in [0.1, 0.15) is 27.1 Å². The van der Waals surface area contributed by atoms with Crippen LogP contribution in [0.2, 0.25) is 0 Å². The highest BCUT2D eigenvalue weighted by Gasteiger charge is 2.18. The number of morpholine rings is 1. The largest absolute Gasteiger partial charge is 0.465 e. The molecule has 1 amide bonds. The van der Waals surface area contributed by atoms with Crippen molar-refractivity contribution in [3.05, 3.63) is 35.4 Å². The fourth-order valence-corrected chi connectivity index (χ4v) is 2.64. The molecule has 0 radical (unpaired) electrons. The maximum absolute atomic E-state index is 12.7. The maximum atomic E-state index is 12.7. The second-order valence-electron chi connectivity index (χ2n) is 5.72. The van der Waals surface area contributed by atoms with E-state index < -0.39 is 5.97 Å². The summed E-state index contributed by atoms with van der Waals surface area (Å²) in [6.45, 7) is 4.82. The number of hydrogen-bond donors (Lipinski definition) is 0. The van der Waals surface area contributed by atoms with E-state index in [1.165, 1.54) is 7.11 Å². The van der Waals surface area contributed by atoms with Crippen molar-refractivity contribution in [2.45, 2.75) is 6.42 Å². The third-order valence-electron chi connectivity index (χ3n) is 4.12. The summed E-state index contributed by atoms with van der Waals surface area (Å²) in [5, 5.41) is 8.84.